The molecule has 0 aromatic heterocycles. The lowest BCUT2D eigenvalue weighted by Crippen LogP contribution is -2.52. The van der Waals surface area contributed by atoms with Crippen LogP contribution in [0.5, 0.6) is 0 Å². The van der Waals surface area contributed by atoms with E-state index in [1.807, 2.05) is 4.90 Å². The van der Waals surface area contributed by atoms with Gasteiger partial charge in [0.25, 0.3) is 0 Å². The molecule has 126 valence electrons. The molecule has 3 aliphatic rings. The zero-order valence-corrected chi connectivity index (χ0v) is 13.1. The summed E-state index contributed by atoms with van der Waals surface area (Å²) in [6.07, 6.45) is 3.18. The van der Waals surface area contributed by atoms with Gasteiger partial charge in [0.2, 0.25) is 5.91 Å². The van der Waals surface area contributed by atoms with Crippen molar-refractivity contribution in [2.24, 2.45) is 0 Å². The molecular weight excluding hydrogens is 312 g/mol. The number of hydrogen-bond donors (Lipinski definition) is 3. The molecule has 1 amide bonds. The van der Waals surface area contributed by atoms with Gasteiger partial charge in [-0.1, -0.05) is 0 Å². The molecule has 3 fully saturated rings. The second-order valence-corrected chi connectivity index (χ2v) is 7.12. The van der Waals surface area contributed by atoms with Crippen molar-refractivity contribution in [3.63, 3.8) is 0 Å². The first-order valence-electron chi connectivity index (χ1n) is 7.61. The maximum atomic E-state index is 12.4. The zero-order valence-electron chi connectivity index (χ0n) is 12.3. The van der Waals surface area contributed by atoms with Crippen molar-refractivity contribution in [1.82, 2.24) is 20.6 Å². The summed E-state index contributed by atoms with van der Waals surface area (Å²) in [6, 6.07) is -0.162. The topological polar surface area (TPSA) is 111 Å². The molecule has 3 rings (SSSR count). The average Bonchev–Trinajstić information content (AvgIpc) is 2.74. The molecular formula is C12H22N4O5S. The Morgan fingerprint density at radius 1 is 1.23 bits per heavy atom. The quantitative estimate of drug-likeness (QED) is 0.544. The monoisotopic (exact) mass is 334 g/mol. The van der Waals surface area contributed by atoms with E-state index >= 15 is 0 Å². The van der Waals surface area contributed by atoms with Crippen molar-refractivity contribution >= 4 is 16.3 Å². The van der Waals surface area contributed by atoms with E-state index < -0.39 is 10.4 Å². The molecule has 3 atom stereocenters. The van der Waals surface area contributed by atoms with Gasteiger partial charge in [0.15, 0.2) is 0 Å². The number of carbonyl (C=O) groups excluding carboxylic acids is 1. The van der Waals surface area contributed by atoms with E-state index in [0.717, 1.165) is 25.9 Å². The van der Waals surface area contributed by atoms with Crippen LogP contribution in [0.1, 0.15) is 25.7 Å². The van der Waals surface area contributed by atoms with Crippen LogP contribution < -0.4 is 10.6 Å². The predicted molar refractivity (Wildman–Crippen MR) is 76.9 cm³/mol. The standard InChI is InChI=1S/C12H22N4O5S/c17-12(14-9-3-5-13-6-4-9)11-2-1-10-7-15(11)8-16(10)21-22(18,19)20/h9-11,13H,1-8H2,(H,14,17)(H,18,19,20). The number of hydroxylamine groups is 2. The lowest BCUT2D eigenvalue weighted by molar-refractivity contribution is -0.128. The Morgan fingerprint density at radius 2 is 1.95 bits per heavy atom. The van der Waals surface area contributed by atoms with E-state index in [4.69, 9.17) is 4.55 Å². The Hall–Kier alpha value is -0.780. The highest BCUT2D eigenvalue weighted by atomic mass is 32.3. The van der Waals surface area contributed by atoms with Gasteiger partial charge in [-0.2, -0.15) is 17.8 Å². The third-order valence-electron chi connectivity index (χ3n) is 4.57. The third kappa shape index (κ3) is 3.76. The van der Waals surface area contributed by atoms with Gasteiger partial charge in [0, 0.05) is 12.6 Å². The Morgan fingerprint density at radius 3 is 2.64 bits per heavy atom. The fourth-order valence-electron chi connectivity index (χ4n) is 3.47. The highest BCUT2D eigenvalue weighted by Crippen LogP contribution is 2.29. The molecule has 3 N–H and O–H groups in total. The normalized spacial score (nSPS) is 33.8. The van der Waals surface area contributed by atoms with Gasteiger partial charge in [-0.3, -0.25) is 14.2 Å². The Bertz CT molecular complexity index is 522. The van der Waals surface area contributed by atoms with E-state index in [1.165, 1.54) is 5.06 Å². The van der Waals surface area contributed by atoms with Crippen molar-refractivity contribution < 1.29 is 22.0 Å². The second kappa shape index (κ2) is 6.38. The van der Waals surface area contributed by atoms with E-state index in [9.17, 15) is 13.2 Å². The van der Waals surface area contributed by atoms with Crippen LogP contribution in [0.25, 0.3) is 0 Å². The fourth-order valence-corrected chi connectivity index (χ4v) is 3.88. The molecule has 0 aliphatic carbocycles. The number of nitrogens with zero attached hydrogens (tertiary/aromatic N) is 2. The molecule has 0 aromatic carbocycles. The van der Waals surface area contributed by atoms with Crippen molar-refractivity contribution in [1.29, 1.82) is 0 Å². The molecule has 22 heavy (non-hydrogen) atoms. The number of piperidine rings is 2. The SMILES string of the molecule is O=C(NC1CCNCC1)C1CCC2CN1CN2OS(=O)(=O)O. The number of nitrogens with one attached hydrogen (secondary N) is 2. The van der Waals surface area contributed by atoms with Crippen LogP contribution in [0.4, 0.5) is 0 Å². The molecule has 0 spiro atoms. The van der Waals surface area contributed by atoms with Crippen molar-refractivity contribution in [3.8, 4) is 0 Å². The highest BCUT2D eigenvalue weighted by Gasteiger charge is 2.44. The first kappa shape index (κ1) is 16.1. The molecule has 0 saturated carbocycles. The van der Waals surface area contributed by atoms with Crippen molar-refractivity contribution in [3.05, 3.63) is 0 Å². The van der Waals surface area contributed by atoms with Gasteiger partial charge in [-0.05, 0) is 38.8 Å². The predicted octanol–water partition coefficient (Wildman–Crippen LogP) is -1.30. The summed E-state index contributed by atoms with van der Waals surface area (Å²) in [4.78, 5) is 14.3. The van der Waals surface area contributed by atoms with Gasteiger partial charge >= 0.3 is 10.4 Å². The minimum atomic E-state index is -4.51. The van der Waals surface area contributed by atoms with Crippen LogP contribution in [0.3, 0.4) is 0 Å². The molecule has 3 saturated heterocycles. The minimum absolute atomic E-state index is 0.000874. The molecule has 3 aliphatic heterocycles. The van der Waals surface area contributed by atoms with Crippen LogP contribution in [0.15, 0.2) is 0 Å². The minimum Gasteiger partial charge on any atom is -0.352 e. The maximum Gasteiger partial charge on any atom is 0.413 e. The molecule has 9 nitrogen and oxygen atoms in total. The first-order valence-corrected chi connectivity index (χ1v) is 8.98. The summed E-state index contributed by atoms with van der Waals surface area (Å²) in [5, 5.41) is 7.59. The zero-order chi connectivity index (χ0) is 15.7. The molecule has 10 heteroatoms. The third-order valence-corrected chi connectivity index (χ3v) is 4.95. The lowest BCUT2D eigenvalue weighted by atomic mass is 9.99. The van der Waals surface area contributed by atoms with Crippen LogP contribution in [-0.2, 0) is 19.5 Å². The molecule has 0 radical (unpaired) electrons. The van der Waals surface area contributed by atoms with Gasteiger partial charge in [0.1, 0.15) is 0 Å². The van der Waals surface area contributed by atoms with E-state index in [-0.39, 0.29) is 30.7 Å². The van der Waals surface area contributed by atoms with Gasteiger partial charge < -0.3 is 10.6 Å². The van der Waals surface area contributed by atoms with E-state index in [0.29, 0.717) is 19.4 Å². The van der Waals surface area contributed by atoms with E-state index in [2.05, 4.69) is 14.9 Å². The Kier molecular flexibility index (Phi) is 4.67. The summed E-state index contributed by atoms with van der Waals surface area (Å²) >= 11 is 0. The summed E-state index contributed by atoms with van der Waals surface area (Å²) in [5.41, 5.74) is 0. The van der Waals surface area contributed by atoms with Crippen LogP contribution in [-0.4, -0.2) is 73.3 Å². The van der Waals surface area contributed by atoms with Crippen LogP contribution in [0.2, 0.25) is 0 Å². The van der Waals surface area contributed by atoms with Gasteiger partial charge in [0.05, 0.1) is 18.8 Å². The lowest BCUT2D eigenvalue weighted by Gasteiger charge is -2.32. The molecule has 3 heterocycles. The van der Waals surface area contributed by atoms with Gasteiger partial charge in [-0.15, -0.1) is 0 Å². The second-order valence-electron chi connectivity index (χ2n) is 6.11. The fraction of sp³-hybridized carbons (Fsp3) is 0.917. The van der Waals surface area contributed by atoms with Crippen LogP contribution in [0, 0.1) is 0 Å². The number of hydrogen-bond acceptors (Lipinski definition) is 7. The molecule has 2 bridgehead atoms. The number of amides is 1. The summed E-state index contributed by atoms with van der Waals surface area (Å²) in [7, 11) is -4.51. The summed E-state index contributed by atoms with van der Waals surface area (Å²) in [6.45, 7) is 2.60. The average molecular weight is 334 g/mol. The van der Waals surface area contributed by atoms with Crippen molar-refractivity contribution in [2.45, 2.75) is 43.8 Å². The number of carbonyl (C=O) groups is 1. The largest absolute Gasteiger partial charge is 0.413 e. The molecule has 0 aromatic rings. The summed E-state index contributed by atoms with van der Waals surface area (Å²) in [5.74, 6) is -0.000874. The Labute approximate surface area is 129 Å². The smallest absolute Gasteiger partial charge is 0.352 e. The van der Waals surface area contributed by atoms with Gasteiger partial charge in [-0.25, -0.2) is 0 Å². The Balaban J connectivity index is 1.57. The van der Waals surface area contributed by atoms with Crippen LogP contribution >= 0.6 is 0 Å². The van der Waals surface area contributed by atoms with Crippen molar-refractivity contribution in [2.75, 3.05) is 26.3 Å². The molecule has 3 unspecified atom stereocenters. The first-order chi connectivity index (χ1) is 10.4. The van der Waals surface area contributed by atoms with E-state index in [1.54, 1.807) is 0 Å². The number of rotatable bonds is 4. The summed E-state index contributed by atoms with van der Waals surface area (Å²) < 4.78 is 35.0. The maximum absolute atomic E-state index is 12.4. The highest BCUT2D eigenvalue weighted by molar-refractivity contribution is 7.80. The number of fused-ring (bicyclic) bond motifs is 2.